The maximum atomic E-state index is 11.7. The summed E-state index contributed by atoms with van der Waals surface area (Å²) in [6.07, 6.45) is 8.41. The number of hydrogen-bond acceptors (Lipinski definition) is 3. The second-order valence-corrected chi connectivity index (χ2v) is 5.31. The lowest BCUT2D eigenvalue weighted by molar-refractivity contribution is -0.119. The van der Waals surface area contributed by atoms with Gasteiger partial charge in [-0.3, -0.25) is 9.78 Å². The van der Waals surface area contributed by atoms with E-state index in [0.717, 1.165) is 37.0 Å². The normalized spacial score (nSPS) is 20.8. The van der Waals surface area contributed by atoms with Crippen LogP contribution in [0.15, 0.2) is 18.5 Å². The first kappa shape index (κ1) is 13.1. The Balaban J connectivity index is 2.13. The zero-order valence-corrected chi connectivity index (χ0v) is 11.2. The maximum absolute atomic E-state index is 11.7. The molecule has 1 fully saturated rings. The summed E-state index contributed by atoms with van der Waals surface area (Å²) < 4.78 is 5.66. The van der Waals surface area contributed by atoms with E-state index in [-0.39, 0.29) is 6.10 Å². The Kier molecular flexibility index (Phi) is 4.34. The minimum atomic E-state index is 0.151. The van der Waals surface area contributed by atoms with Crippen LogP contribution in [-0.4, -0.2) is 16.9 Å². The summed E-state index contributed by atoms with van der Waals surface area (Å²) in [6, 6.07) is 2.04. The molecule has 3 heteroatoms. The minimum Gasteiger partial charge on any atom is -0.489 e. The van der Waals surface area contributed by atoms with E-state index in [1.807, 2.05) is 26.1 Å². The van der Waals surface area contributed by atoms with Gasteiger partial charge in [0.2, 0.25) is 0 Å². The van der Waals surface area contributed by atoms with Crippen molar-refractivity contribution in [3.05, 3.63) is 24.0 Å². The highest BCUT2D eigenvalue weighted by Gasteiger charge is 2.20. The Morgan fingerprint density at radius 3 is 2.94 bits per heavy atom. The predicted octanol–water partition coefficient (Wildman–Crippen LogP) is 3.49. The molecule has 3 nitrogen and oxygen atoms in total. The van der Waals surface area contributed by atoms with E-state index in [4.69, 9.17) is 4.74 Å². The first-order chi connectivity index (χ1) is 8.65. The number of hydrogen-bond donors (Lipinski definition) is 0. The van der Waals surface area contributed by atoms with Crippen LogP contribution in [0.4, 0.5) is 0 Å². The number of nitrogens with zero attached hydrogens (tertiary/aromatic N) is 1. The molecule has 0 amide bonds. The van der Waals surface area contributed by atoms with Crippen molar-refractivity contribution in [1.82, 2.24) is 4.98 Å². The van der Waals surface area contributed by atoms with Gasteiger partial charge in [-0.25, -0.2) is 0 Å². The Morgan fingerprint density at radius 1 is 1.33 bits per heavy atom. The quantitative estimate of drug-likeness (QED) is 0.767. The summed E-state index contributed by atoms with van der Waals surface area (Å²) in [5, 5.41) is 0. The van der Waals surface area contributed by atoms with Crippen molar-refractivity contribution >= 4 is 5.78 Å². The van der Waals surface area contributed by atoms with Gasteiger partial charge in [-0.15, -0.1) is 0 Å². The van der Waals surface area contributed by atoms with Crippen LogP contribution in [-0.2, 0) is 4.79 Å². The van der Waals surface area contributed by atoms with Crippen molar-refractivity contribution < 1.29 is 9.53 Å². The van der Waals surface area contributed by atoms with Crippen molar-refractivity contribution in [3.63, 3.8) is 0 Å². The van der Waals surface area contributed by atoms with Crippen LogP contribution < -0.4 is 4.74 Å². The van der Waals surface area contributed by atoms with Gasteiger partial charge in [-0.2, -0.15) is 0 Å². The molecule has 1 heterocycles. The molecule has 2 rings (SSSR count). The first-order valence-electron chi connectivity index (χ1n) is 6.78. The van der Waals surface area contributed by atoms with Crippen LogP contribution in [0.2, 0.25) is 0 Å². The van der Waals surface area contributed by atoms with Crippen LogP contribution in [0, 0.1) is 0 Å². The predicted molar refractivity (Wildman–Crippen MR) is 70.8 cm³/mol. The average Bonchev–Trinajstić information content (AvgIpc) is 2.53. The number of pyridine rings is 1. The Hall–Kier alpha value is -1.38. The zero-order valence-electron chi connectivity index (χ0n) is 11.2. The molecule has 0 spiro atoms. The molecule has 0 saturated heterocycles. The van der Waals surface area contributed by atoms with Crippen LogP contribution in [0.5, 0.6) is 5.75 Å². The van der Waals surface area contributed by atoms with Crippen molar-refractivity contribution in [3.8, 4) is 5.75 Å². The van der Waals surface area contributed by atoms with Crippen LogP contribution in [0.1, 0.15) is 57.4 Å². The monoisotopic (exact) mass is 247 g/mol. The fourth-order valence-corrected chi connectivity index (χ4v) is 2.47. The molecule has 1 aliphatic carbocycles. The minimum absolute atomic E-state index is 0.151. The zero-order chi connectivity index (χ0) is 13.0. The van der Waals surface area contributed by atoms with Crippen LogP contribution in [0.3, 0.4) is 0 Å². The van der Waals surface area contributed by atoms with Gasteiger partial charge in [-0.1, -0.05) is 6.42 Å². The van der Waals surface area contributed by atoms with E-state index >= 15 is 0 Å². The van der Waals surface area contributed by atoms with Gasteiger partial charge in [0.15, 0.2) is 0 Å². The SMILES string of the molecule is CC(C)Oc1cncc(C2CCCCC(=O)C2)c1. The number of Topliss-reactive ketones (excluding diaryl/α,β-unsaturated/α-hetero) is 1. The third kappa shape index (κ3) is 3.56. The molecule has 0 bridgehead atoms. The second kappa shape index (κ2) is 5.98. The Morgan fingerprint density at radius 2 is 2.17 bits per heavy atom. The summed E-state index contributed by atoms with van der Waals surface area (Å²) in [4.78, 5) is 15.9. The van der Waals surface area contributed by atoms with Gasteiger partial charge in [0, 0.05) is 19.0 Å². The van der Waals surface area contributed by atoms with Crippen molar-refractivity contribution in [1.29, 1.82) is 0 Å². The van der Waals surface area contributed by atoms with Crippen LogP contribution in [0.25, 0.3) is 0 Å². The lowest BCUT2D eigenvalue weighted by Gasteiger charge is -2.15. The van der Waals surface area contributed by atoms with E-state index in [9.17, 15) is 4.79 Å². The van der Waals surface area contributed by atoms with Gasteiger partial charge < -0.3 is 4.74 Å². The summed E-state index contributed by atoms with van der Waals surface area (Å²) in [5.74, 6) is 1.51. The molecular formula is C15H21NO2. The van der Waals surface area contributed by atoms with Gasteiger partial charge in [0.05, 0.1) is 12.3 Å². The molecular weight excluding hydrogens is 226 g/mol. The number of rotatable bonds is 3. The standard InChI is InChI=1S/C15H21NO2/c1-11(2)18-15-8-13(9-16-10-15)12-5-3-4-6-14(17)7-12/h8-12H,3-7H2,1-2H3. The average molecular weight is 247 g/mol. The highest BCUT2D eigenvalue weighted by Crippen LogP contribution is 2.31. The topological polar surface area (TPSA) is 39.2 Å². The Labute approximate surface area is 109 Å². The number of ether oxygens (including phenoxy) is 1. The third-order valence-electron chi connectivity index (χ3n) is 3.31. The molecule has 1 aliphatic rings. The molecule has 0 aromatic carbocycles. The lowest BCUT2D eigenvalue weighted by Crippen LogP contribution is -2.08. The first-order valence-corrected chi connectivity index (χ1v) is 6.78. The summed E-state index contributed by atoms with van der Waals surface area (Å²) in [6.45, 7) is 4.00. The largest absolute Gasteiger partial charge is 0.489 e. The molecule has 1 saturated carbocycles. The Bertz CT molecular complexity index is 415. The van der Waals surface area contributed by atoms with Crippen molar-refractivity contribution in [2.75, 3.05) is 0 Å². The highest BCUT2D eigenvalue weighted by atomic mass is 16.5. The van der Waals surface area contributed by atoms with Gasteiger partial charge in [0.25, 0.3) is 0 Å². The third-order valence-corrected chi connectivity index (χ3v) is 3.31. The van der Waals surface area contributed by atoms with E-state index < -0.39 is 0 Å². The van der Waals surface area contributed by atoms with Gasteiger partial charge >= 0.3 is 0 Å². The second-order valence-electron chi connectivity index (χ2n) is 5.31. The molecule has 1 aromatic heterocycles. The highest BCUT2D eigenvalue weighted by molar-refractivity contribution is 5.79. The molecule has 1 aromatic rings. The number of aromatic nitrogens is 1. The molecule has 18 heavy (non-hydrogen) atoms. The van der Waals surface area contributed by atoms with Crippen molar-refractivity contribution in [2.24, 2.45) is 0 Å². The van der Waals surface area contributed by atoms with Gasteiger partial charge in [0.1, 0.15) is 11.5 Å². The van der Waals surface area contributed by atoms with E-state index in [2.05, 4.69) is 4.98 Å². The van der Waals surface area contributed by atoms with Crippen LogP contribution >= 0.6 is 0 Å². The number of ketones is 1. The van der Waals surface area contributed by atoms with Gasteiger partial charge in [-0.05, 0) is 44.2 Å². The molecule has 0 radical (unpaired) electrons. The van der Waals surface area contributed by atoms with E-state index in [0.29, 0.717) is 18.1 Å². The number of carbonyl (C=O) groups is 1. The molecule has 1 unspecified atom stereocenters. The summed E-state index contributed by atoms with van der Waals surface area (Å²) in [7, 11) is 0. The summed E-state index contributed by atoms with van der Waals surface area (Å²) in [5.41, 5.74) is 1.14. The molecule has 0 aliphatic heterocycles. The smallest absolute Gasteiger partial charge is 0.138 e. The number of carbonyl (C=O) groups excluding carboxylic acids is 1. The fourth-order valence-electron chi connectivity index (χ4n) is 2.47. The summed E-state index contributed by atoms with van der Waals surface area (Å²) >= 11 is 0. The van der Waals surface area contributed by atoms with Crippen molar-refractivity contribution in [2.45, 2.75) is 58.0 Å². The van der Waals surface area contributed by atoms with E-state index in [1.165, 1.54) is 0 Å². The molecule has 98 valence electrons. The maximum Gasteiger partial charge on any atom is 0.138 e. The molecule has 0 N–H and O–H groups in total. The fraction of sp³-hybridized carbons (Fsp3) is 0.600. The molecule has 1 atom stereocenters. The van der Waals surface area contributed by atoms with E-state index in [1.54, 1.807) is 6.20 Å². The lowest BCUT2D eigenvalue weighted by atomic mass is 9.93.